The Balaban J connectivity index is 2.81. The minimum absolute atomic E-state index is 0.0970. The highest BCUT2D eigenvalue weighted by Crippen LogP contribution is 2.24. The van der Waals surface area contributed by atoms with Crippen molar-refractivity contribution < 1.29 is 9.18 Å². The molecular weight excluding hydrogens is 237 g/mol. The SMILES string of the molecule is Cc1cc(C(C)(C)CNC(=O)CS)ccc1F. The summed E-state index contributed by atoms with van der Waals surface area (Å²) in [4.78, 5) is 11.2. The number of benzene rings is 1. The Morgan fingerprint density at radius 2 is 2.12 bits per heavy atom. The van der Waals surface area contributed by atoms with Crippen molar-refractivity contribution >= 4 is 18.5 Å². The average Bonchev–Trinajstić information content (AvgIpc) is 2.29. The zero-order chi connectivity index (χ0) is 13.1. The Morgan fingerprint density at radius 3 is 2.65 bits per heavy atom. The number of nitrogens with one attached hydrogen (secondary N) is 1. The summed E-state index contributed by atoms with van der Waals surface area (Å²) in [5.41, 5.74) is 1.41. The molecule has 0 unspecified atom stereocenters. The Labute approximate surface area is 107 Å². The van der Waals surface area contributed by atoms with Crippen molar-refractivity contribution in [2.45, 2.75) is 26.2 Å². The zero-order valence-electron chi connectivity index (χ0n) is 10.4. The smallest absolute Gasteiger partial charge is 0.229 e. The molecule has 0 radical (unpaired) electrons. The molecule has 0 aliphatic rings. The van der Waals surface area contributed by atoms with Gasteiger partial charge >= 0.3 is 0 Å². The molecule has 4 heteroatoms. The van der Waals surface area contributed by atoms with Gasteiger partial charge in [-0.3, -0.25) is 4.79 Å². The summed E-state index contributed by atoms with van der Waals surface area (Å²) >= 11 is 3.90. The first-order valence-corrected chi connectivity index (χ1v) is 6.14. The third-order valence-corrected chi connectivity index (χ3v) is 3.10. The molecule has 94 valence electrons. The van der Waals surface area contributed by atoms with E-state index in [0.29, 0.717) is 12.1 Å². The lowest BCUT2D eigenvalue weighted by atomic mass is 9.84. The minimum Gasteiger partial charge on any atom is -0.355 e. The van der Waals surface area contributed by atoms with Crippen LogP contribution in [0.2, 0.25) is 0 Å². The van der Waals surface area contributed by atoms with Gasteiger partial charge in [-0.25, -0.2) is 4.39 Å². The molecular formula is C13H18FNOS. The second-order valence-electron chi connectivity index (χ2n) is 4.78. The van der Waals surface area contributed by atoms with E-state index in [1.165, 1.54) is 6.07 Å². The van der Waals surface area contributed by atoms with Crippen molar-refractivity contribution in [3.8, 4) is 0 Å². The maximum atomic E-state index is 13.2. The molecule has 0 atom stereocenters. The summed E-state index contributed by atoms with van der Waals surface area (Å²) in [5.74, 6) is -0.123. The van der Waals surface area contributed by atoms with Gasteiger partial charge in [0, 0.05) is 12.0 Å². The molecule has 1 aromatic carbocycles. The molecule has 0 aromatic heterocycles. The van der Waals surface area contributed by atoms with Crippen LogP contribution in [0, 0.1) is 12.7 Å². The van der Waals surface area contributed by atoms with Crippen LogP contribution in [0.1, 0.15) is 25.0 Å². The van der Waals surface area contributed by atoms with Crippen LogP contribution >= 0.6 is 12.6 Å². The molecule has 0 bridgehead atoms. The maximum absolute atomic E-state index is 13.2. The van der Waals surface area contributed by atoms with Gasteiger partial charge in [-0.15, -0.1) is 0 Å². The van der Waals surface area contributed by atoms with Crippen LogP contribution in [-0.2, 0) is 10.2 Å². The number of aryl methyl sites for hydroxylation is 1. The number of rotatable bonds is 4. The molecule has 17 heavy (non-hydrogen) atoms. The summed E-state index contributed by atoms with van der Waals surface area (Å²) in [6.07, 6.45) is 0. The van der Waals surface area contributed by atoms with Gasteiger partial charge in [-0.05, 0) is 24.1 Å². The monoisotopic (exact) mass is 255 g/mol. The first-order valence-electron chi connectivity index (χ1n) is 5.51. The first-order chi connectivity index (χ1) is 7.86. The van der Waals surface area contributed by atoms with Crippen molar-refractivity contribution in [3.05, 3.63) is 35.1 Å². The highest BCUT2D eigenvalue weighted by atomic mass is 32.1. The maximum Gasteiger partial charge on any atom is 0.229 e. The Kier molecular flexibility index (Phi) is 4.57. The molecule has 0 heterocycles. The predicted molar refractivity (Wildman–Crippen MR) is 71.0 cm³/mol. The van der Waals surface area contributed by atoms with Crippen molar-refractivity contribution in [2.75, 3.05) is 12.3 Å². The van der Waals surface area contributed by atoms with Gasteiger partial charge in [-0.2, -0.15) is 12.6 Å². The molecule has 1 N–H and O–H groups in total. The molecule has 0 spiro atoms. The topological polar surface area (TPSA) is 29.1 Å². The van der Waals surface area contributed by atoms with Gasteiger partial charge in [0.05, 0.1) is 5.75 Å². The van der Waals surface area contributed by atoms with Crippen LogP contribution in [0.3, 0.4) is 0 Å². The van der Waals surface area contributed by atoms with E-state index < -0.39 is 0 Å². The zero-order valence-corrected chi connectivity index (χ0v) is 11.3. The summed E-state index contributed by atoms with van der Waals surface area (Å²) in [6.45, 7) is 6.27. The summed E-state index contributed by atoms with van der Waals surface area (Å²) < 4.78 is 13.2. The number of carbonyl (C=O) groups is 1. The number of carbonyl (C=O) groups excluding carboxylic acids is 1. The molecule has 0 aliphatic carbocycles. The lowest BCUT2D eigenvalue weighted by Gasteiger charge is -2.26. The Hall–Kier alpha value is -1.03. The lowest BCUT2D eigenvalue weighted by molar-refractivity contribution is -0.118. The highest BCUT2D eigenvalue weighted by molar-refractivity contribution is 7.81. The lowest BCUT2D eigenvalue weighted by Crippen LogP contribution is -2.37. The number of hydrogen-bond acceptors (Lipinski definition) is 2. The fourth-order valence-electron chi connectivity index (χ4n) is 1.54. The number of halogens is 1. The van der Waals surface area contributed by atoms with Crippen LogP contribution in [0.5, 0.6) is 0 Å². The van der Waals surface area contributed by atoms with E-state index >= 15 is 0 Å². The summed E-state index contributed by atoms with van der Waals surface area (Å²) in [5, 5.41) is 2.80. The van der Waals surface area contributed by atoms with Gasteiger partial charge < -0.3 is 5.32 Å². The van der Waals surface area contributed by atoms with Gasteiger partial charge in [0.15, 0.2) is 0 Å². The summed E-state index contributed by atoms with van der Waals surface area (Å²) in [7, 11) is 0. The fourth-order valence-corrected chi connectivity index (χ4v) is 1.65. The van der Waals surface area contributed by atoms with Gasteiger partial charge in [0.2, 0.25) is 5.91 Å². The molecule has 0 fully saturated rings. The molecule has 0 saturated heterocycles. The summed E-state index contributed by atoms with van der Waals surface area (Å²) in [6, 6.07) is 5.05. The van der Waals surface area contributed by atoms with E-state index in [0.717, 1.165) is 5.56 Å². The third kappa shape index (κ3) is 3.73. The molecule has 1 aromatic rings. The molecule has 0 aliphatic heterocycles. The average molecular weight is 255 g/mol. The normalized spacial score (nSPS) is 11.4. The van der Waals surface area contributed by atoms with Crippen molar-refractivity contribution in [3.63, 3.8) is 0 Å². The molecule has 1 amide bonds. The van der Waals surface area contributed by atoms with Gasteiger partial charge in [-0.1, -0.05) is 26.0 Å². The van der Waals surface area contributed by atoms with E-state index in [-0.39, 0.29) is 22.9 Å². The van der Waals surface area contributed by atoms with Crippen LogP contribution in [0.4, 0.5) is 4.39 Å². The second-order valence-corrected chi connectivity index (χ2v) is 5.10. The molecule has 0 saturated carbocycles. The van der Waals surface area contributed by atoms with Crippen molar-refractivity contribution in [2.24, 2.45) is 0 Å². The highest BCUT2D eigenvalue weighted by Gasteiger charge is 2.21. The fraction of sp³-hybridized carbons (Fsp3) is 0.462. The van der Waals surface area contributed by atoms with Crippen LogP contribution in [-0.4, -0.2) is 18.2 Å². The third-order valence-electron chi connectivity index (χ3n) is 2.81. The first kappa shape index (κ1) is 14.0. The van der Waals surface area contributed by atoms with E-state index in [1.807, 2.05) is 19.9 Å². The van der Waals surface area contributed by atoms with Gasteiger partial charge in [0.1, 0.15) is 5.82 Å². The molecule has 1 rings (SSSR count). The predicted octanol–water partition coefficient (Wildman–Crippen LogP) is 2.46. The largest absolute Gasteiger partial charge is 0.355 e. The second kappa shape index (κ2) is 5.54. The Morgan fingerprint density at radius 1 is 1.47 bits per heavy atom. The van der Waals surface area contributed by atoms with Crippen molar-refractivity contribution in [1.82, 2.24) is 5.32 Å². The van der Waals surface area contributed by atoms with Crippen LogP contribution in [0.15, 0.2) is 18.2 Å². The number of hydrogen-bond donors (Lipinski definition) is 2. The Bertz CT molecular complexity index is 418. The van der Waals surface area contributed by atoms with Crippen LogP contribution in [0.25, 0.3) is 0 Å². The van der Waals surface area contributed by atoms with E-state index in [4.69, 9.17) is 0 Å². The van der Waals surface area contributed by atoms with Gasteiger partial charge in [0.25, 0.3) is 0 Å². The van der Waals surface area contributed by atoms with E-state index in [2.05, 4.69) is 17.9 Å². The minimum atomic E-state index is -0.225. The quantitative estimate of drug-likeness (QED) is 0.795. The number of thiol groups is 1. The standard InChI is InChI=1S/C13H18FNOS/c1-9-6-10(4-5-11(9)14)13(2,3)8-15-12(16)7-17/h4-6,17H,7-8H2,1-3H3,(H,15,16). The van der Waals surface area contributed by atoms with E-state index in [9.17, 15) is 9.18 Å². The van der Waals surface area contributed by atoms with Crippen molar-refractivity contribution in [1.29, 1.82) is 0 Å². The number of amides is 1. The van der Waals surface area contributed by atoms with E-state index in [1.54, 1.807) is 13.0 Å². The van der Waals surface area contributed by atoms with Crippen LogP contribution < -0.4 is 5.32 Å². The molecule has 2 nitrogen and oxygen atoms in total.